The van der Waals surface area contributed by atoms with Crippen LogP contribution in [0.4, 0.5) is 8.78 Å². The van der Waals surface area contributed by atoms with Gasteiger partial charge in [-0.1, -0.05) is 12.1 Å². The molecule has 0 saturated carbocycles. The summed E-state index contributed by atoms with van der Waals surface area (Å²) in [6.45, 7) is 2.44. The summed E-state index contributed by atoms with van der Waals surface area (Å²) in [5, 5.41) is 0. The average Bonchev–Trinajstić information content (AvgIpc) is 3.18. The molecule has 9 heteroatoms. The Morgan fingerprint density at radius 3 is 2.67 bits per heavy atom. The van der Waals surface area contributed by atoms with Crippen molar-refractivity contribution < 1.29 is 26.7 Å². The molecule has 0 spiro atoms. The molecular weight excluding hydrogens is 450 g/mol. The number of pyridine rings is 1. The van der Waals surface area contributed by atoms with Crippen LogP contribution in [-0.4, -0.2) is 37.5 Å². The molecule has 172 valence electrons. The van der Waals surface area contributed by atoms with Crippen LogP contribution in [0, 0.1) is 30.4 Å². The lowest BCUT2D eigenvalue weighted by Gasteiger charge is -2.34. The Bertz CT molecular complexity index is 1300. The standard InChI is InChI=1S/C24H22F2N2O4S/c1-15-4-2-7-23(27-15)32-13-16-12-28(33(29,30)19-6-3-5-17(25)10-19)24-20-11-18(26)8-9-22(20)31-14-21(16)24/h2-11,16,21,24H,12-14H2,1H3/t16-,21-,24-/m0/s1. The number of benzene rings is 2. The molecule has 33 heavy (non-hydrogen) atoms. The summed E-state index contributed by atoms with van der Waals surface area (Å²) in [6.07, 6.45) is 0. The van der Waals surface area contributed by atoms with Gasteiger partial charge in [0, 0.05) is 35.7 Å². The first kappa shape index (κ1) is 21.8. The molecule has 1 aromatic heterocycles. The van der Waals surface area contributed by atoms with Gasteiger partial charge in [0.25, 0.3) is 0 Å². The normalized spacial score (nSPS) is 22.3. The van der Waals surface area contributed by atoms with Gasteiger partial charge in [-0.2, -0.15) is 4.31 Å². The fraction of sp³-hybridized carbons (Fsp3) is 0.292. The number of sulfonamides is 1. The van der Waals surface area contributed by atoms with Crippen molar-refractivity contribution in [3.63, 3.8) is 0 Å². The van der Waals surface area contributed by atoms with Crippen LogP contribution in [0.3, 0.4) is 0 Å². The molecule has 6 nitrogen and oxygen atoms in total. The third-order valence-electron chi connectivity index (χ3n) is 6.17. The highest BCUT2D eigenvalue weighted by atomic mass is 32.2. The van der Waals surface area contributed by atoms with Crippen molar-refractivity contribution >= 4 is 10.0 Å². The maximum absolute atomic E-state index is 14.1. The number of halogens is 2. The summed E-state index contributed by atoms with van der Waals surface area (Å²) in [5.74, 6) is -0.745. The van der Waals surface area contributed by atoms with Crippen molar-refractivity contribution in [3.05, 3.63) is 83.6 Å². The van der Waals surface area contributed by atoms with Crippen LogP contribution in [0.15, 0.2) is 65.6 Å². The third kappa shape index (κ3) is 4.06. The molecule has 1 fully saturated rings. The lowest BCUT2D eigenvalue weighted by Crippen LogP contribution is -2.35. The van der Waals surface area contributed by atoms with Crippen LogP contribution >= 0.6 is 0 Å². The Kier molecular flexibility index (Phi) is 5.54. The van der Waals surface area contributed by atoms with E-state index < -0.39 is 27.7 Å². The molecule has 3 heterocycles. The van der Waals surface area contributed by atoms with Crippen molar-refractivity contribution in [2.45, 2.75) is 17.9 Å². The maximum Gasteiger partial charge on any atom is 0.243 e. The highest BCUT2D eigenvalue weighted by Crippen LogP contribution is 2.49. The summed E-state index contributed by atoms with van der Waals surface area (Å²) in [5.41, 5.74) is 1.26. The number of aryl methyl sites for hydroxylation is 1. The molecule has 2 aromatic carbocycles. The van der Waals surface area contributed by atoms with E-state index in [1.54, 1.807) is 6.07 Å². The van der Waals surface area contributed by atoms with Gasteiger partial charge in [0.1, 0.15) is 17.4 Å². The molecule has 3 atom stereocenters. The Hall–Kier alpha value is -3.04. The van der Waals surface area contributed by atoms with Gasteiger partial charge in [0.05, 0.1) is 24.2 Å². The van der Waals surface area contributed by atoms with E-state index in [2.05, 4.69) is 4.98 Å². The number of hydrogen-bond donors (Lipinski definition) is 0. The number of ether oxygens (including phenoxy) is 2. The van der Waals surface area contributed by atoms with Crippen LogP contribution in [0.2, 0.25) is 0 Å². The van der Waals surface area contributed by atoms with Gasteiger partial charge in [-0.25, -0.2) is 22.2 Å². The predicted octanol–water partition coefficient (Wildman–Crippen LogP) is 4.12. The number of fused-ring (bicyclic) bond motifs is 3. The molecule has 5 rings (SSSR count). The third-order valence-corrected chi connectivity index (χ3v) is 8.01. The lowest BCUT2D eigenvalue weighted by molar-refractivity contribution is 0.134. The summed E-state index contributed by atoms with van der Waals surface area (Å²) < 4.78 is 68.2. The van der Waals surface area contributed by atoms with Crippen molar-refractivity contribution in [2.75, 3.05) is 19.8 Å². The molecule has 0 N–H and O–H groups in total. The monoisotopic (exact) mass is 472 g/mol. The van der Waals surface area contributed by atoms with Crippen molar-refractivity contribution in [2.24, 2.45) is 11.8 Å². The Balaban J connectivity index is 1.52. The molecule has 3 aromatic rings. The largest absolute Gasteiger partial charge is 0.493 e. The zero-order valence-corrected chi connectivity index (χ0v) is 18.6. The van der Waals surface area contributed by atoms with Crippen LogP contribution in [-0.2, 0) is 10.0 Å². The minimum absolute atomic E-state index is 0.124. The maximum atomic E-state index is 14.1. The molecule has 0 amide bonds. The van der Waals surface area contributed by atoms with Gasteiger partial charge >= 0.3 is 0 Å². The molecular formula is C24H22F2N2O4S. The summed E-state index contributed by atoms with van der Waals surface area (Å²) in [7, 11) is -4.07. The van der Waals surface area contributed by atoms with E-state index in [0.717, 1.165) is 11.8 Å². The van der Waals surface area contributed by atoms with E-state index in [9.17, 15) is 17.2 Å². The van der Waals surface area contributed by atoms with Crippen molar-refractivity contribution in [3.8, 4) is 11.6 Å². The first-order chi connectivity index (χ1) is 15.8. The van der Waals surface area contributed by atoms with E-state index in [0.29, 0.717) is 17.2 Å². The fourth-order valence-electron chi connectivity index (χ4n) is 4.61. The molecule has 0 bridgehead atoms. The van der Waals surface area contributed by atoms with Gasteiger partial charge in [0.2, 0.25) is 15.9 Å². The minimum atomic E-state index is -4.07. The van der Waals surface area contributed by atoms with E-state index in [4.69, 9.17) is 9.47 Å². The first-order valence-electron chi connectivity index (χ1n) is 10.6. The molecule has 1 saturated heterocycles. The second kappa shape index (κ2) is 8.39. The van der Waals surface area contributed by atoms with Gasteiger partial charge in [-0.05, 0) is 49.4 Å². The highest BCUT2D eigenvalue weighted by Gasteiger charge is 2.51. The molecule has 2 aliphatic rings. The van der Waals surface area contributed by atoms with Crippen LogP contribution in [0.1, 0.15) is 17.3 Å². The molecule has 0 radical (unpaired) electrons. The second-order valence-electron chi connectivity index (χ2n) is 8.32. The SMILES string of the molecule is Cc1cccc(OC[C@@H]2CN(S(=O)(=O)c3cccc(F)c3)[C@H]3c4cc(F)ccc4OC[C@@H]23)n1. The molecule has 0 aliphatic carbocycles. The van der Waals surface area contributed by atoms with Crippen LogP contribution < -0.4 is 9.47 Å². The Labute approximate surface area is 190 Å². The fourth-order valence-corrected chi connectivity index (χ4v) is 6.35. The van der Waals surface area contributed by atoms with E-state index in [-0.39, 0.29) is 36.5 Å². The van der Waals surface area contributed by atoms with Gasteiger partial charge in [0.15, 0.2) is 0 Å². The van der Waals surface area contributed by atoms with Crippen molar-refractivity contribution in [1.82, 2.24) is 9.29 Å². The average molecular weight is 473 g/mol. The zero-order chi connectivity index (χ0) is 23.2. The smallest absolute Gasteiger partial charge is 0.243 e. The first-order valence-corrected chi connectivity index (χ1v) is 12.0. The van der Waals surface area contributed by atoms with Crippen LogP contribution in [0.5, 0.6) is 11.6 Å². The minimum Gasteiger partial charge on any atom is -0.493 e. The van der Waals surface area contributed by atoms with Crippen molar-refractivity contribution in [1.29, 1.82) is 0 Å². The lowest BCUT2D eigenvalue weighted by atomic mass is 9.86. The Morgan fingerprint density at radius 2 is 1.88 bits per heavy atom. The van der Waals surface area contributed by atoms with Gasteiger partial charge in [-0.15, -0.1) is 0 Å². The van der Waals surface area contributed by atoms with Gasteiger partial charge in [-0.3, -0.25) is 0 Å². The van der Waals surface area contributed by atoms with E-state index in [1.807, 2.05) is 19.1 Å². The molecule has 0 unspecified atom stereocenters. The summed E-state index contributed by atoms with van der Waals surface area (Å²) in [4.78, 5) is 4.19. The zero-order valence-electron chi connectivity index (χ0n) is 17.8. The summed E-state index contributed by atoms with van der Waals surface area (Å²) in [6, 6.07) is 13.8. The number of aromatic nitrogens is 1. The topological polar surface area (TPSA) is 68.7 Å². The number of rotatable bonds is 5. The summed E-state index contributed by atoms with van der Waals surface area (Å²) >= 11 is 0. The van der Waals surface area contributed by atoms with Crippen LogP contribution in [0.25, 0.3) is 0 Å². The number of hydrogen-bond acceptors (Lipinski definition) is 5. The highest BCUT2D eigenvalue weighted by molar-refractivity contribution is 7.89. The van der Waals surface area contributed by atoms with Gasteiger partial charge < -0.3 is 9.47 Å². The quantitative estimate of drug-likeness (QED) is 0.559. The number of nitrogens with zero attached hydrogens (tertiary/aromatic N) is 2. The second-order valence-corrected chi connectivity index (χ2v) is 10.2. The Morgan fingerprint density at radius 1 is 1.09 bits per heavy atom. The van der Waals surface area contributed by atoms with E-state index >= 15 is 0 Å². The van der Waals surface area contributed by atoms with E-state index in [1.165, 1.54) is 40.7 Å². The molecule has 2 aliphatic heterocycles. The predicted molar refractivity (Wildman–Crippen MR) is 116 cm³/mol.